The second-order valence-electron chi connectivity index (χ2n) is 5.48. The number of hydrogen-bond acceptors (Lipinski definition) is 2. The third-order valence-electron chi connectivity index (χ3n) is 2.88. The van der Waals surface area contributed by atoms with E-state index in [4.69, 9.17) is 5.73 Å². The van der Waals surface area contributed by atoms with Gasteiger partial charge in [0.05, 0.1) is 6.04 Å². The fourth-order valence-corrected chi connectivity index (χ4v) is 3.45. The molecule has 0 spiro atoms. The number of benzene rings is 1. The van der Waals surface area contributed by atoms with E-state index in [2.05, 4.69) is 79.8 Å². The average molecular weight is 371 g/mol. The van der Waals surface area contributed by atoms with E-state index >= 15 is 0 Å². The van der Waals surface area contributed by atoms with Gasteiger partial charge >= 0.3 is 0 Å². The van der Waals surface area contributed by atoms with Gasteiger partial charge in [-0.05, 0) is 57.8 Å². The predicted molar refractivity (Wildman–Crippen MR) is 88.2 cm³/mol. The largest absolute Gasteiger partial charge is 0.320 e. The summed E-state index contributed by atoms with van der Waals surface area (Å²) in [4.78, 5) is 2.63. The molecule has 0 bridgehead atoms. The molecule has 1 heterocycles. The van der Waals surface area contributed by atoms with E-state index in [-0.39, 0.29) is 11.5 Å². The van der Waals surface area contributed by atoms with Crippen molar-refractivity contribution < 1.29 is 0 Å². The van der Waals surface area contributed by atoms with Crippen molar-refractivity contribution in [3.05, 3.63) is 55.3 Å². The summed E-state index contributed by atoms with van der Waals surface area (Å²) in [6.07, 6.45) is 0. The zero-order valence-electron chi connectivity index (χ0n) is 10.9. The number of rotatable bonds is 2. The summed E-state index contributed by atoms with van der Waals surface area (Å²) in [5, 5.41) is 0. The van der Waals surface area contributed by atoms with Crippen LogP contribution in [0.5, 0.6) is 0 Å². The van der Waals surface area contributed by atoms with E-state index in [9.17, 15) is 0 Å². The van der Waals surface area contributed by atoms with Crippen molar-refractivity contribution >= 4 is 33.9 Å². The van der Waals surface area contributed by atoms with Crippen LogP contribution in [0.4, 0.5) is 0 Å². The average Bonchev–Trinajstić information content (AvgIpc) is 2.77. The molecule has 0 radical (unpaired) electrons. The molecule has 96 valence electrons. The van der Waals surface area contributed by atoms with Crippen LogP contribution in [0.15, 0.2) is 36.4 Å². The quantitative estimate of drug-likeness (QED) is 0.761. The van der Waals surface area contributed by atoms with Gasteiger partial charge < -0.3 is 5.73 Å². The zero-order chi connectivity index (χ0) is 13.3. The Bertz CT molecular complexity index is 539. The molecular formula is C15H18INS. The highest BCUT2D eigenvalue weighted by molar-refractivity contribution is 14.1. The van der Waals surface area contributed by atoms with Gasteiger partial charge in [0.25, 0.3) is 0 Å². The minimum atomic E-state index is -0.0131. The van der Waals surface area contributed by atoms with Crippen molar-refractivity contribution in [3.8, 4) is 0 Å². The van der Waals surface area contributed by atoms with Crippen LogP contribution in [0.2, 0.25) is 0 Å². The fraction of sp³-hybridized carbons (Fsp3) is 0.333. The van der Waals surface area contributed by atoms with E-state index in [0.29, 0.717) is 0 Å². The standard InChI is InChI=1S/C15H18INS/c1-15(2,3)13-8-7-12(18-13)14(17)10-5-4-6-11(16)9-10/h4-9,14H,17H2,1-3H3. The van der Waals surface area contributed by atoms with Gasteiger partial charge in [0.15, 0.2) is 0 Å². The van der Waals surface area contributed by atoms with Crippen molar-refractivity contribution in [1.29, 1.82) is 0 Å². The van der Waals surface area contributed by atoms with Gasteiger partial charge in [0, 0.05) is 13.3 Å². The van der Waals surface area contributed by atoms with E-state index in [1.54, 1.807) is 0 Å². The molecule has 1 nitrogen and oxygen atoms in total. The molecule has 2 aromatic rings. The lowest BCUT2D eigenvalue weighted by molar-refractivity contribution is 0.604. The molecule has 2 rings (SSSR count). The molecule has 0 saturated carbocycles. The monoisotopic (exact) mass is 371 g/mol. The summed E-state index contributed by atoms with van der Waals surface area (Å²) in [5.74, 6) is 0. The van der Waals surface area contributed by atoms with E-state index in [1.165, 1.54) is 18.9 Å². The molecule has 0 saturated heterocycles. The van der Waals surface area contributed by atoms with E-state index < -0.39 is 0 Å². The number of thiophene rings is 1. The Balaban J connectivity index is 2.29. The van der Waals surface area contributed by atoms with Gasteiger partial charge in [0.1, 0.15) is 0 Å². The van der Waals surface area contributed by atoms with Crippen LogP contribution in [-0.4, -0.2) is 0 Å². The van der Waals surface area contributed by atoms with Gasteiger partial charge in [-0.15, -0.1) is 11.3 Å². The smallest absolute Gasteiger partial charge is 0.0646 e. The number of halogens is 1. The van der Waals surface area contributed by atoms with Crippen LogP contribution in [0.25, 0.3) is 0 Å². The zero-order valence-corrected chi connectivity index (χ0v) is 13.9. The maximum absolute atomic E-state index is 6.35. The first-order valence-electron chi connectivity index (χ1n) is 5.99. The first-order chi connectivity index (χ1) is 8.38. The summed E-state index contributed by atoms with van der Waals surface area (Å²) >= 11 is 4.15. The van der Waals surface area contributed by atoms with Gasteiger partial charge in [-0.1, -0.05) is 32.9 Å². The van der Waals surface area contributed by atoms with Crippen molar-refractivity contribution in [2.45, 2.75) is 32.2 Å². The molecule has 0 fully saturated rings. The Morgan fingerprint density at radius 1 is 1.17 bits per heavy atom. The van der Waals surface area contributed by atoms with Crippen molar-refractivity contribution in [3.63, 3.8) is 0 Å². The van der Waals surface area contributed by atoms with Crippen LogP contribution in [0.1, 0.15) is 42.1 Å². The summed E-state index contributed by atoms with van der Waals surface area (Å²) in [7, 11) is 0. The van der Waals surface area contributed by atoms with Crippen LogP contribution in [0, 0.1) is 3.57 Å². The van der Waals surface area contributed by atoms with Crippen LogP contribution in [-0.2, 0) is 5.41 Å². The molecule has 1 aromatic heterocycles. The van der Waals surface area contributed by atoms with Crippen molar-refractivity contribution in [2.75, 3.05) is 0 Å². The minimum Gasteiger partial charge on any atom is -0.320 e. The lowest BCUT2D eigenvalue weighted by Gasteiger charge is -2.16. The van der Waals surface area contributed by atoms with Crippen LogP contribution >= 0.6 is 33.9 Å². The molecule has 2 N–H and O–H groups in total. The maximum atomic E-state index is 6.35. The molecule has 18 heavy (non-hydrogen) atoms. The van der Waals surface area contributed by atoms with Crippen LogP contribution < -0.4 is 5.73 Å². The molecule has 1 atom stereocenters. The first kappa shape index (κ1) is 14.0. The van der Waals surface area contributed by atoms with Gasteiger partial charge in [-0.3, -0.25) is 0 Å². The van der Waals surface area contributed by atoms with Crippen molar-refractivity contribution in [1.82, 2.24) is 0 Å². The molecule has 3 heteroatoms. The Morgan fingerprint density at radius 3 is 2.44 bits per heavy atom. The second kappa shape index (κ2) is 5.31. The molecule has 0 amide bonds. The molecule has 1 unspecified atom stereocenters. The Kier molecular flexibility index (Phi) is 4.14. The third kappa shape index (κ3) is 3.13. The molecule has 0 aliphatic carbocycles. The Labute approximate surface area is 127 Å². The predicted octanol–water partition coefficient (Wildman–Crippen LogP) is 4.70. The summed E-state index contributed by atoms with van der Waals surface area (Å²) in [5.41, 5.74) is 7.74. The van der Waals surface area contributed by atoms with Gasteiger partial charge in [0.2, 0.25) is 0 Å². The normalized spacial score (nSPS) is 13.6. The van der Waals surface area contributed by atoms with Gasteiger partial charge in [-0.25, -0.2) is 0 Å². The molecule has 0 aliphatic heterocycles. The molecule has 1 aromatic carbocycles. The summed E-state index contributed by atoms with van der Waals surface area (Å²) < 4.78 is 1.23. The SMILES string of the molecule is CC(C)(C)c1ccc(C(N)c2cccc(I)c2)s1. The highest BCUT2D eigenvalue weighted by Crippen LogP contribution is 2.33. The van der Waals surface area contributed by atoms with E-state index in [1.807, 2.05) is 11.3 Å². The van der Waals surface area contributed by atoms with Crippen molar-refractivity contribution in [2.24, 2.45) is 5.73 Å². The Hall–Kier alpha value is -0.390. The second-order valence-corrected chi connectivity index (χ2v) is 7.85. The first-order valence-corrected chi connectivity index (χ1v) is 7.89. The summed E-state index contributed by atoms with van der Waals surface area (Å²) in [6, 6.07) is 12.8. The highest BCUT2D eigenvalue weighted by Gasteiger charge is 2.18. The fourth-order valence-electron chi connectivity index (χ4n) is 1.79. The lowest BCUT2D eigenvalue weighted by Crippen LogP contribution is -2.10. The topological polar surface area (TPSA) is 26.0 Å². The van der Waals surface area contributed by atoms with Crippen LogP contribution in [0.3, 0.4) is 0 Å². The number of nitrogens with two attached hydrogens (primary N) is 1. The lowest BCUT2D eigenvalue weighted by atomic mass is 9.95. The van der Waals surface area contributed by atoms with Gasteiger partial charge in [-0.2, -0.15) is 0 Å². The Morgan fingerprint density at radius 2 is 1.89 bits per heavy atom. The van der Waals surface area contributed by atoms with E-state index in [0.717, 1.165) is 0 Å². The third-order valence-corrected chi connectivity index (χ3v) is 5.15. The summed E-state index contributed by atoms with van der Waals surface area (Å²) in [6.45, 7) is 6.71. The maximum Gasteiger partial charge on any atom is 0.0646 e. The minimum absolute atomic E-state index is 0.0131. The molecule has 0 aliphatic rings. The highest BCUT2D eigenvalue weighted by atomic mass is 127. The number of hydrogen-bond donors (Lipinski definition) is 1. The molecular weight excluding hydrogens is 353 g/mol.